The summed E-state index contributed by atoms with van der Waals surface area (Å²) in [5, 5.41) is 16.9. The zero-order valence-corrected chi connectivity index (χ0v) is 11.1. The van der Waals surface area contributed by atoms with Gasteiger partial charge in [-0.15, -0.1) is 0 Å². The summed E-state index contributed by atoms with van der Waals surface area (Å²) in [6.45, 7) is 0. The molecule has 4 N–H and O–H groups in total. The molecule has 20 heavy (non-hydrogen) atoms. The van der Waals surface area contributed by atoms with Gasteiger partial charge in [-0.2, -0.15) is 5.10 Å². The van der Waals surface area contributed by atoms with E-state index in [0.717, 1.165) is 25.7 Å². The van der Waals surface area contributed by atoms with Crippen molar-refractivity contribution in [3.63, 3.8) is 0 Å². The van der Waals surface area contributed by atoms with Gasteiger partial charge in [0.2, 0.25) is 0 Å². The van der Waals surface area contributed by atoms with Crippen LogP contribution < -0.4 is 11.1 Å². The second-order valence-electron chi connectivity index (χ2n) is 5.28. The van der Waals surface area contributed by atoms with Gasteiger partial charge in [-0.1, -0.05) is 12.8 Å². The van der Waals surface area contributed by atoms with Gasteiger partial charge in [-0.05, 0) is 25.0 Å². The minimum atomic E-state index is -0.459. The number of hydrogen-bond donors (Lipinski definition) is 3. The van der Waals surface area contributed by atoms with Crippen molar-refractivity contribution in [1.82, 2.24) is 14.9 Å². The summed E-state index contributed by atoms with van der Waals surface area (Å²) < 4.78 is 1.61. The molecule has 2 aromatic heterocycles. The van der Waals surface area contributed by atoms with Crippen molar-refractivity contribution in [2.45, 2.75) is 37.8 Å². The number of aromatic nitrogens is 2. The highest BCUT2D eigenvalue weighted by molar-refractivity contribution is 6.01. The van der Waals surface area contributed by atoms with Gasteiger partial charge in [-0.25, -0.2) is 4.52 Å². The predicted octanol–water partition coefficient (Wildman–Crippen LogP) is 0.950. The van der Waals surface area contributed by atoms with Gasteiger partial charge in [0.15, 0.2) is 0 Å². The lowest BCUT2D eigenvalue weighted by Gasteiger charge is -2.28. The number of carbonyl (C=O) groups excluding carboxylic acids is 1. The third-order valence-electron chi connectivity index (χ3n) is 3.84. The molecule has 1 saturated carbocycles. The SMILES string of the molecule is Nc1ccn2ncc(C(=O)N[C@@H]3CCCC[C@H]3O)c2c1. The molecule has 6 heteroatoms. The highest BCUT2D eigenvalue weighted by Gasteiger charge is 2.25. The number of hydrogen-bond acceptors (Lipinski definition) is 4. The number of aliphatic hydroxyl groups is 1. The molecular weight excluding hydrogens is 256 g/mol. The molecular formula is C14H18N4O2. The standard InChI is InChI=1S/C14H18N4O2/c15-9-5-6-18-12(7-9)10(8-16-18)14(20)17-11-3-1-2-4-13(11)19/h5-8,11,13,19H,1-4,15H2,(H,17,20)/t11-,13-/m1/s1. The van der Waals surface area contributed by atoms with Crippen LogP contribution in [0.1, 0.15) is 36.0 Å². The maximum absolute atomic E-state index is 12.3. The van der Waals surface area contributed by atoms with Crippen LogP contribution in [0.2, 0.25) is 0 Å². The van der Waals surface area contributed by atoms with E-state index in [1.54, 1.807) is 22.8 Å². The quantitative estimate of drug-likeness (QED) is 0.760. The number of nitrogens with zero attached hydrogens (tertiary/aromatic N) is 2. The first kappa shape index (κ1) is 12.9. The van der Waals surface area contributed by atoms with Crippen LogP contribution in [-0.2, 0) is 0 Å². The van der Waals surface area contributed by atoms with Gasteiger partial charge in [0, 0.05) is 11.9 Å². The highest BCUT2D eigenvalue weighted by Crippen LogP contribution is 2.20. The summed E-state index contributed by atoms with van der Waals surface area (Å²) in [4.78, 5) is 12.3. The molecule has 1 amide bonds. The number of rotatable bonds is 2. The van der Waals surface area contributed by atoms with Crippen molar-refractivity contribution in [3.05, 3.63) is 30.1 Å². The summed E-state index contributed by atoms with van der Waals surface area (Å²) in [6.07, 6.45) is 6.39. The number of nitrogens with one attached hydrogen (secondary N) is 1. The molecule has 2 heterocycles. The van der Waals surface area contributed by atoms with Gasteiger partial charge in [0.05, 0.1) is 29.4 Å². The number of aliphatic hydroxyl groups excluding tert-OH is 1. The van der Waals surface area contributed by atoms with Crippen LogP contribution in [0.15, 0.2) is 24.5 Å². The van der Waals surface area contributed by atoms with Crippen LogP contribution in [0.25, 0.3) is 5.52 Å². The Morgan fingerprint density at radius 3 is 3.05 bits per heavy atom. The fourth-order valence-corrected chi connectivity index (χ4v) is 2.70. The molecule has 1 aliphatic carbocycles. The summed E-state index contributed by atoms with van der Waals surface area (Å²) >= 11 is 0. The first-order chi connectivity index (χ1) is 9.65. The van der Waals surface area contributed by atoms with Gasteiger partial charge < -0.3 is 16.2 Å². The Morgan fingerprint density at radius 1 is 1.45 bits per heavy atom. The molecule has 1 aliphatic rings. The van der Waals surface area contributed by atoms with E-state index in [0.29, 0.717) is 16.8 Å². The van der Waals surface area contributed by atoms with E-state index in [2.05, 4.69) is 10.4 Å². The van der Waals surface area contributed by atoms with Crippen LogP contribution in [-0.4, -0.2) is 32.8 Å². The lowest BCUT2D eigenvalue weighted by atomic mass is 9.92. The molecule has 0 unspecified atom stereocenters. The molecule has 0 radical (unpaired) electrons. The van der Waals surface area contributed by atoms with Crippen molar-refractivity contribution in [1.29, 1.82) is 0 Å². The number of nitrogens with two attached hydrogens (primary N) is 1. The summed E-state index contributed by atoms with van der Waals surface area (Å²) in [5.41, 5.74) is 7.49. The molecule has 0 saturated heterocycles. The van der Waals surface area contributed by atoms with Crippen molar-refractivity contribution in [2.75, 3.05) is 5.73 Å². The number of carbonyl (C=O) groups is 1. The van der Waals surface area contributed by atoms with E-state index in [-0.39, 0.29) is 11.9 Å². The molecule has 0 aromatic carbocycles. The van der Waals surface area contributed by atoms with Crippen LogP contribution in [0.5, 0.6) is 0 Å². The molecule has 0 aliphatic heterocycles. The van der Waals surface area contributed by atoms with Crippen molar-refractivity contribution in [3.8, 4) is 0 Å². The average Bonchev–Trinajstić information content (AvgIpc) is 2.84. The average molecular weight is 274 g/mol. The number of amides is 1. The van der Waals surface area contributed by atoms with Gasteiger partial charge in [0.25, 0.3) is 5.91 Å². The van der Waals surface area contributed by atoms with Crippen LogP contribution >= 0.6 is 0 Å². The minimum absolute atomic E-state index is 0.174. The fraction of sp³-hybridized carbons (Fsp3) is 0.429. The lowest BCUT2D eigenvalue weighted by Crippen LogP contribution is -2.45. The zero-order chi connectivity index (χ0) is 14.1. The second-order valence-corrected chi connectivity index (χ2v) is 5.28. The summed E-state index contributed by atoms with van der Waals surface area (Å²) in [5.74, 6) is -0.212. The van der Waals surface area contributed by atoms with Gasteiger partial charge in [0.1, 0.15) is 0 Å². The normalized spacial score (nSPS) is 22.9. The largest absolute Gasteiger partial charge is 0.399 e. The molecule has 2 atom stereocenters. The molecule has 0 spiro atoms. The third-order valence-corrected chi connectivity index (χ3v) is 3.84. The lowest BCUT2D eigenvalue weighted by molar-refractivity contribution is 0.0718. The molecule has 2 aromatic rings. The van der Waals surface area contributed by atoms with Crippen LogP contribution in [0.4, 0.5) is 5.69 Å². The van der Waals surface area contributed by atoms with Crippen molar-refractivity contribution in [2.24, 2.45) is 0 Å². The first-order valence-corrected chi connectivity index (χ1v) is 6.87. The van der Waals surface area contributed by atoms with E-state index in [4.69, 9.17) is 5.73 Å². The Bertz CT molecular complexity index is 637. The van der Waals surface area contributed by atoms with Gasteiger partial charge >= 0.3 is 0 Å². The maximum atomic E-state index is 12.3. The minimum Gasteiger partial charge on any atom is -0.399 e. The zero-order valence-electron chi connectivity index (χ0n) is 11.1. The molecule has 0 bridgehead atoms. The molecule has 6 nitrogen and oxygen atoms in total. The topological polar surface area (TPSA) is 92.7 Å². The van der Waals surface area contributed by atoms with Gasteiger partial charge in [-0.3, -0.25) is 4.79 Å². The first-order valence-electron chi connectivity index (χ1n) is 6.87. The van der Waals surface area contributed by atoms with E-state index in [1.165, 1.54) is 6.20 Å². The Labute approximate surface area is 116 Å². The second kappa shape index (κ2) is 5.13. The van der Waals surface area contributed by atoms with E-state index >= 15 is 0 Å². The Morgan fingerprint density at radius 2 is 2.25 bits per heavy atom. The van der Waals surface area contributed by atoms with Crippen molar-refractivity contribution >= 4 is 17.1 Å². The Kier molecular flexibility index (Phi) is 3.31. The number of fused-ring (bicyclic) bond motifs is 1. The Hall–Kier alpha value is -2.08. The van der Waals surface area contributed by atoms with E-state index < -0.39 is 6.10 Å². The fourth-order valence-electron chi connectivity index (χ4n) is 2.70. The van der Waals surface area contributed by atoms with Crippen molar-refractivity contribution < 1.29 is 9.90 Å². The predicted molar refractivity (Wildman–Crippen MR) is 75.3 cm³/mol. The maximum Gasteiger partial charge on any atom is 0.255 e. The number of anilines is 1. The smallest absolute Gasteiger partial charge is 0.255 e. The van der Waals surface area contributed by atoms with Crippen LogP contribution in [0.3, 0.4) is 0 Å². The molecule has 106 valence electrons. The third kappa shape index (κ3) is 2.34. The Balaban J connectivity index is 1.83. The van der Waals surface area contributed by atoms with Crippen LogP contribution in [0, 0.1) is 0 Å². The number of nitrogen functional groups attached to an aromatic ring is 1. The van der Waals surface area contributed by atoms with E-state index in [1.807, 2.05) is 0 Å². The number of pyridine rings is 1. The molecule has 1 fully saturated rings. The monoisotopic (exact) mass is 274 g/mol. The highest BCUT2D eigenvalue weighted by atomic mass is 16.3. The summed E-state index contributed by atoms with van der Waals surface area (Å²) in [7, 11) is 0. The molecule has 3 rings (SSSR count). The summed E-state index contributed by atoms with van der Waals surface area (Å²) in [6, 6.07) is 3.28. The van der Waals surface area contributed by atoms with E-state index in [9.17, 15) is 9.90 Å².